The molecule has 1 aliphatic heterocycles. The fraction of sp³-hybridized carbons (Fsp3) is 0.667. The summed E-state index contributed by atoms with van der Waals surface area (Å²) in [6.07, 6.45) is 2.95. The van der Waals surface area contributed by atoms with Crippen molar-refractivity contribution < 1.29 is 14.3 Å². The molecule has 0 aromatic heterocycles. The number of cyclic esters (lactones) is 1. The van der Waals surface area contributed by atoms with Crippen molar-refractivity contribution >= 4 is 5.97 Å². The van der Waals surface area contributed by atoms with E-state index in [4.69, 9.17) is 9.47 Å². The SMILES string of the molecule is CC(C)(C)OC[C@@H]1C=CC(=O)O1. The van der Waals surface area contributed by atoms with E-state index in [2.05, 4.69) is 0 Å². The Balaban J connectivity index is 2.26. The molecule has 1 atom stereocenters. The van der Waals surface area contributed by atoms with Crippen LogP contribution in [0.1, 0.15) is 20.8 Å². The van der Waals surface area contributed by atoms with Crippen LogP contribution >= 0.6 is 0 Å². The molecule has 3 nitrogen and oxygen atoms in total. The van der Waals surface area contributed by atoms with Crippen molar-refractivity contribution in [2.24, 2.45) is 0 Å². The van der Waals surface area contributed by atoms with Crippen LogP contribution in [0.15, 0.2) is 12.2 Å². The molecular formula is C9H14O3. The first kappa shape index (κ1) is 9.26. The van der Waals surface area contributed by atoms with Crippen molar-refractivity contribution in [3.63, 3.8) is 0 Å². The third-order valence-corrected chi connectivity index (χ3v) is 1.40. The van der Waals surface area contributed by atoms with Crippen LogP contribution in [-0.4, -0.2) is 24.3 Å². The van der Waals surface area contributed by atoms with Crippen molar-refractivity contribution in [2.45, 2.75) is 32.5 Å². The lowest BCUT2D eigenvalue weighted by molar-refractivity contribution is -0.143. The normalized spacial score (nSPS) is 22.9. The molecular weight excluding hydrogens is 156 g/mol. The van der Waals surface area contributed by atoms with Crippen LogP contribution in [0.5, 0.6) is 0 Å². The number of rotatable bonds is 2. The number of carbonyl (C=O) groups excluding carboxylic acids is 1. The third kappa shape index (κ3) is 3.05. The topological polar surface area (TPSA) is 35.5 Å². The molecule has 0 N–H and O–H groups in total. The van der Waals surface area contributed by atoms with Crippen molar-refractivity contribution in [3.05, 3.63) is 12.2 Å². The summed E-state index contributed by atoms with van der Waals surface area (Å²) in [5.41, 5.74) is -0.178. The Morgan fingerprint density at radius 1 is 1.58 bits per heavy atom. The maximum absolute atomic E-state index is 10.6. The first-order valence-electron chi connectivity index (χ1n) is 4.00. The van der Waals surface area contributed by atoms with Crippen LogP contribution in [0.2, 0.25) is 0 Å². The number of carbonyl (C=O) groups is 1. The standard InChI is InChI=1S/C9H14O3/c1-9(2,3)11-6-7-4-5-8(10)12-7/h4-5,7H,6H2,1-3H3/t7-/m0/s1. The molecule has 0 aliphatic carbocycles. The van der Waals surface area contributed by atoms with Crippen molar-refractivity contribution in [1.82, 2.24) is 0 Å². The van der Waals surface area contributed by atoms with Gasteiger partial charge in [-0.25, -0.2) is 4.79 Å². The number of esters is 1. The number of ether oxygens (including phenoxy) is 2. The average Bonchev–Trinajstić information content (AvgIpc) is 2.30. The second kappa shape index (κ2) is 3.27. The molecule has 68 valence electrons. The fourth-order valence-corrected chi connectivity index (χ4v) is 0.835. The minimum atomic E-state index is -0.280. The second-order valence-electron chi connectivity index (χ2n) is 3.76. The molecule has 3 heteroatoms. The molecule has 1 rings (SSSR count). The molecule has 0 aromatic carbocycles. The minimum absolute atomic E-state index is 0.178. The Morgan fingerprint density at radius 2 is 2.25 bits per heavy atom. The molecule has 0 aromatic rings. The van der Waals surface area contributed by atoms with Gasteiger partial charge in [0.05, 0.1) is 12.2 Å². The lowest BCUT2D eigenvalue weighted by Crippen LogP contribution is -2.25. The van der Waals surface area contributed by atoms with Gasteiger partial charge < -0.3 is 9.47 Å². The molecule has 0 bridgehead atoms. The maximum Gasteiger partial charge on any atom is 0.331 e. The van der Waals surface area contributed by atoms with Gasteiger partial charge in [0.2, 0.25) is 0 Å². The van der Waals surface area contributed by atoms with Gasteiger partial charge >= 0.3 is 5.97 Å². The molecule has 12 heavy (non-hydrogen) atoms. The maximum atomic E-state index is 10.6. The van der Waals surface area contributed by atoms with Gasteiger partial charge in [0.1, 0.15) is 6.10 Å². The molecule has 0 amide bonds. The first-order chi connectivity index (χ1) is 5.47. The first-order valence-corrected chi connectivity index (χ1v) is 4.00. The van der Waals surface area contributed by atoms with Gasteiger partial charge in [-0.05, 0) is 26.8 Å². The van der Waals surface area contributed by atoms with Gasteiger partial charge in [0.15, 0.2) is 0 Å². The Bertz CT molecular complexity index is 200. The highest BCUT2D eigenvalue weighted by molar-refractivity contribution is 5.84. The zero-order valence-electron chi connectivity index (χ0n) is 7.66. The molecule has 1 aliphatic rings. The molecule has 0 radical (unpaired) electrons. The van der Waals surface area contributed by atoms with E-state index in [9.17, 15) is 4.79 Å². The number of hydrogen-bond donors (Lipinski definition) is 0. The average molecular weight is 170 g/mol. The van der Waals surface area contributed by atoms with E-state index in [0.717, 1.165) is 0 Å². The van der Waals surface area contributed by atoms with Crippen LogP contribution in [-0.2, 0) is 14.3 Å². The quantitative estimate of drug-likeness (QED) is 0.586. The molecule has 0 spiro atoms. The van der Waals surface area contributed by atoms with Crippen molar-refractivity contribution in [1.29, 1.82) is 0 Å². The van der Waals surface area contributed by atoms with E-state index in [-0.39, 0.29) is 17.7 Å². The summed E-state index contributed by atoms with van der Waals surface area (Å²) in [4.78, 5) is 10.6. The van der Waals surface area contributed by atoms with E-state index in [1.807, 2.05) is 20.8 Å². The summed E-state index contributed by atoms with van der Waals surface area (Å²) in [6, 6.07) is 0. The summed E-state index contributed by atoms with van der Waals surface area (Å²) >= 11 is 0. The van der Waals surface area contributed by atoms with E-state index in [0.29, 0.717) is 6.61 Å². The molecule has 0 fully saturated rings. The van der Waals surface area contributed by atoms with Crippen LogP contribution < -0.4 is 0 Å². The van der Waals surface area contributed by atoms with E-state index >= 15 is 0 Å². The number of hydrogen-bond acceptors (Lipinski definition) is 3. The van der Waals surface area contributed by atoms with Crippen LogP contribution in [0.3, 0.4) is 0 Å². The molecule has 1 heterocycles. The van der Waals surface area contributed by atoms with Gasteiger partial charge in [-0.3, -0.25) is 0 Å². The summed E-state index contributed by atoms with van der Waals surface area (Å²) in [5.74, 6) is -0.280. The van der Waals surface area contributed by atoms with Crippen LogP contribution in [0.25, 0.3) is 0 Å². The zero-order chi connectivity index (χ0) is 9.19. The fourth-order valence-electron chi connectivity index (χ4n) is 0.835. The third-order valence-electron chi connectivity index (χ3n) is 1.40. The summed E-state index contributed by atoms with van der Waals surface area (Å²) < 4.78 is 10.3. The predicted octanol–water partition coefficient (Wildman–Crippen LogP) is 1.28. The molecule has 0 saturated heterocycles. The zero-order valence-corrected chi connectivity index (χ0v) is 7.66. The summed E-state index contributed by atoms with van der Waals surface area (Å²) in [5, 5.41) is 0. The second-order valence-corrected chi connectivity index (χ2v) is 3.76. The van der Waals surface area contributed by atoms with Crippen LogP contribution in [0, 0.1) is 0 Å². The Morgan fingerprint density at radius 3 is 2.67 bits per heavy atom. The molecule has 0 saturated carbocycles. The van der Waals surface area contributed by atoms with Gasteiger partial charge in [0, 0.05) is 6.08 Å². The molecule has 0 unspecified atom stereocenters. The smallest absolute Gasteiger partial charge is 0.331 e. The van der Waals surface area contributed by atoms with Crippen molar-refractivity contribution in [2.75, 3.05) is 6.61 Å². The van der Waals surface area contributed by atoms with Gasteiger partial charge in [-0.15, -0.1) is 0 Å². The van der Waals surface area contributed by atoms with Gasteiger partial charge in [-0.2, -0.15) is 0 Å². The highest BCUT2D eigenvalue weighted by Crippen LogP contribution is 2.11. The lowest BCUT2D eigenvalue weighted by atomic mass is 10.2. The highest BCUT2D eigenvalue weighted by Gasteiger charge is 2.19. The van der Waals surface area contributed by atoms with E-state index < -0.39 is 0 Å². The van der Waals surface area contributed by atoms with Gasteiger partial charge in [-0.1, -0.05) is 0 Å². The lowest BCUT2D eigenvalue weighted by Gasteiger charge is -2.21. The van der Waals surface area contributed by atoms with Crippen molar-refractivity contribution in [3.8, 4) is 0 Å². The van der Waals surface area contributed by atoms with Crippen LogP contribution in [0.4, 0.5) is 0 Å². The Kier molecular flexibility index (Phi) is 2.52. The minimum Gasteiger partial charge on any atom is -0.452 e. The highest BCUT2D eigenvalue weighted by atomic mass is 16.6. The van der Waals surface area contributed by atoms with Gasteiger partial charge in [0.25, 0.3) is 0 Å². The van der Waals surface area contributed by atoms with E-state index in [1.165, 1.54) is 6.08 Å². The van der Waals surface area contributed by atoms with E-state index in [1.54, 1.807) is 6.08 Å². The monoisotopic (exact) mass is 170 g/mol. The Labute approximate surface area is 72.4 Å². The largest absolute Gasteiger partial charge is 0.452 e. The summed E-state index contributed by atoms with van der Waals surface area (Å²) in [6.45, 7) is 6.33. The predicted molar refractivity (Wildman–Crippen MR) is 44.7 cm³/mol. The Hall–Kier alpha value is -0.830. The summed E-state index contributed by atoms with van der Waals surface area (Å²) in [7, 11) is 0.